The molecule has 0 N–H and O–H groups in total. The number of amides is 1. The number of carbonyl (C=O) groups excluding carboxylic acids is 1. The second-order valence-electron chi connectivity index (χ2n) is 4.97. The zero-order chi connectivity index (χ0) is 14.8. The smallest absolute Gasteiger partial charge is 0.264 e. The monoisotopic (exact) mass is 342 g/mol. The van der Waals surface area contributed by atoms with Crippen LogP contribution in [0, 0.1) is 6.92 Å². The Balaban J connectivity index is 1.55. The van der Waals surface area contributed by atoms with Crippen molar-refractivity contribution in [2.75, 3.05) is 26.2 Å². The van der Waals surface area contributed by atoms with Gasteiger partial charge in [0.25, 0.3) is 5.91 Å². The largest absolute Gasteiger partial charge is 0.335 e. The first kappa shape index (κ1) is 14.9. The summed E-state index contributed by atoms with van der Waals surface area (Å²) >= 11 is 8.79. The maximum Gasteiger partial charge on any atom is 0.264 e. The summed E-state index contributed by atoms with van der Waals surface area (Å²) in [5.41, 5.74) is 0.829. The molecule has 3 heterocycles. The first-order valence-electron chi connectivity index (χ1n) is 6.68. The summed E-state index contributed by atoms with van der Waals surface area (Å²) in [6.07, 6.45) is 0. The predicted octanol–water partition coefficient (Wildman–Crippen LogP) is 2.52. The van der Waals surface area contributed by atoms with Gasteiger partial charge in [0.15, 0.2) is 0 Å². The number of rotatable bonds is 3. The van der Waals surface area contributed by atoms with Crippen molar-refractivity contribution in [1.29, 1.82) is 0 Å². The Kier molecular flexibility index (Phi) is 4.54. The van der Waals surface area contributed by atoms with Crippen molar-refractivity contribution in [3.05, 3.63) is 31.9 Å². The molecule has 0 unspecified atom stereocenters. The first-order chi connectivity index (χ1) is 10.1. The molecule has 1 aliphatic rings. The van der Waals surface area contributed by atoms with E-state index in [9.17, 15) is 4.79 Å². The van der Waals surface area contributed by atoms with E-state index in [1.165, 1.54) is 16.4 Å². The molecule has 0 radical (unpaired) electrons. The van der Waals surface area contributed by atoms with Gasteiger partial charge in [-0.15, -0.1) is 16.4 Å². The molecule has 1 aliphatic heterocycles. The van der Waals surface area contributed by atoms with Crippen LogP contribution >= 0.6 is 34.5 Å². The normalized spacial score (nSPS) is 16.4. The van der Waals surface area contributed by atoms with E-state index in [0.29, 0.717) is 10.9 Å². The minimum absolute atomic E-state index is 0.140. The van der Waals surface area contributed by atoms with Crippen molar-refractivity contribution in [2.45, 2.75) is 13.5 Å². The molecular weight excluding hydrogens is 328 g/mol. The lowest BCUT2D eigenvalue weighted by Crippen LogP contribution is -2.48. The summed E-state index contributed by atoms with van der Waals surface area (Å²) in [6.45, 7) is 5.88. The van der Waals surface area contributed by atoms with Gasteiger partial charge < -0.3 is 4.90 Å². The zero-order valence-corrected chi connectivity index (χ0v) is 14.0. The molecule has 1 fully saturated rings. The van der Waals surface area contributed by atoms with Crippen molar-refractivity contribution < 1.29 is 4.79 Å². The maximum atomic E-state index is 12.4. The van der Waals surface area contributed by atoms with Crippen LogP contribution in [0.25, 0.3) is 0 Å². The third-order valence-corrected chi connectivity index (χ3v) is 5.47. The second-order valence-corrected chi connectivity index (χ2v) is 7.62. The van der Waals surface area contributed by atoms with Gasteiger partial charge in [-0.25, -0.2) is 0 Å². The highest BCUT2D eigenvalue weighted by Gasteiger charge is 2.23. The molecule has 0 aromatic carbocycles. The molecule has 0 atom stereocenters. The topological polar surface area (TPSA) is 49.3 Å². The predicted molar refractivity (Wildman–Crippen MR) is 85.2 cm³/mol. The molecule has 0 bridgehead atoms. The van der Waals surface area contributed by atoms with Crippen LogP contribution < -0.4 is 0 Å². The van der Waals surface area contributed by atoms with E-state index in [1.807, 2.05) is 24.0 Å². The van der Waals surface area contributed by atoms with Gasteiger partial charge in [-0.2, -0.15) is 0 Å². The number of hydrogen-bond donors (Lipinski definition) is 0. The maximum absolute atomic E-state index is 12.4. The van der Waals surface area contributed by atoms with E-state index in [0.717, 1.165) is 36.8 Å². The van der Waals surface area contributed by atoms with Crippen molar-refractivity contribution in [3.8, 4) is 0 Å². The Morgan fingerprint density at radius 2 is 2.10 bits per heavy atom. The van der Waals surface area contributed by atoms with Crippen LogP contribution in [0.5, 0.6) is 0 Å². The SMILES string of the molecule is Cc1ccc(C(=O)N2CCN(Cc3nnsc3Cl)CC2)s1. The van der Waals surface area contributed by atoms with Gasteiger partial charge in [0.05, 0.1) is 4.88 Å². The standard InChI is InChI=1S/C13H15ClN4OS2/c1-9-2-3-11(20-9)13(19)18-6-4-17(5-7-18)8-10-12(14)21-16-15-10/h2-3H,4-8H2,1H3. The minimum Gasteiger partial charge on any atom is -0.335 e. The molecule has 21 heavy (non-hydrogen) atoms. The molecule has 0 saturated carbocycles. The fourth-order valence-corrected chi connectivity index (χ4v) is 3.76. The second kappa shape index (κ2) is 6.39. The molecule has 5 nitrogen and oxygen atoms in total. The van der Waals surface area contributed by atoms with Crippen molar-refractivity contribution in [1.82, 2.24) is 19.4 Å². The van der Waals surface area contributed by atoms with Crippen LogP contribution in [0.15, 0.2) is 12.1 Å². The summed E-state index contributed by atoms with van der Waals surface area (Å²) < 4.78 is 4.50. The molecule has 3 rings (SSSR count). The van der Waals surface area contributed by atoms with Gasteiger partial charge in [-0.3, -0.25) is 9.69 Å². The molecule has 1 saturated heterocycles. The molecule has 2 aromatic heterocycles. The Morgan fingerprint density at radius 1 is 1.33 bits per heavy atom. The summed E-state index contributed by atoms with van der Waals surface area (Å²) in [4.78, 5) is 18.5. The summed E-state index contributed by atoms with van der Waals surface area (Å²) in [5, 5.41) is 4.03. The lowest BCUT2D eigenvalue weighted by molar-refractivity contribution is 0.0632. The average Bonchev–Trinajstić information content (AvgIpc) is 3.08. The highest BCUT2D eigenvalue weighted by molar-refractivity contribution is 7.13. The summed E-state index contributed by atoms with van der Waals surface area (Å²) in [5.74, 6) is 0.140. The van der Waals surface area contributed by atoms with E-state index in [2.05, 4.69) is 14.5 Å². The molecule has 8 heteroatoms. The lowest BCUT2D eigenvalue weighted by Gasteiger charge is -2.34. The van der Waals surface area contributed by atoms with Crippen LogP contribution in [0.3, 0.4) is 0 Å². The van der Waals surface area contributed by atoms with Crippen LogP contribution in [0.4, 0.5) is 0 Å². The molecule has 0 spiro atoms. The zero-order valence-electron chi connectivity index (χ0n) is 11.6. The van der Waals surface area contributed by atoms with Crippen molar-refractivity contribution >= 4 is 40.4 Å². The number of aryl methyl sites for hydroxylation is 1. The lowest BCUT2D eigenvalue weighted by atomic mass is 10.2. The van der Waals surface area contributed by atoms with E-state index in [-0.39, 0.29) is 5.91 Å². The molecule has 1 amide bonds. The van der Waals surface area contributed by atoms with Gasteiger partial charge in [0.1, 0.15) is 10.0 Å². The molecule has 112 valence electrons. The first-order valence-corrected chi connectivity index (χ1v) is 8.65. The number of carbonyl (C=O) groups is 1. The number of piperazine rings is 1. The molecule has 2 aromatic rings. The Bertz CT molecular complexity index is 634. The highest BCUT2D eigenvalue weighted by atomic mass is 35.5. The molecule has 0 aliphatic carbocycles. The van der Waals surface area contributed by atoms with E-state index in [4.69, 9.17) is 11.6 Å². The Hall–Kier alpha value is -1.02. The van der Waals surface area contributed by atoms with Gasteiger partial charge in [0, 0.05) is 49.1 Å². The van der Waals surface area contributed by atoms with E-state index < -0.39 is 0 Å². The van der Waals surface area contributed by atoms with Gasteiger partial charge in [-0.05, 0) is 19.1 Å². The van der Waals surface area contributed by atoms with Crippen LogP contribution in [0.2, 0.25) is 4.34 Å². The Morgan fingerprint density at radius 3 is 2.67 bits per heavy atom. The fraction of sp³-hybridized carbons (Fsp3) is 0.462. The molecular formula is C13H15ClN4OS2. The van der Waals surface area contributed by atoms with Crippen molar-refractivity contribution in [3.63, 3.8) is 0 Å². The quantitative estimate of drug-likeness (QED) is 0.860. The van der Waals surface area contributed by atoms with Gasteiger partial charge in [0.2, 0.25) is 0 Å². The number of hydrogen-bond acceptors (Lipinski definition) is 6. The fourth-order valence-electron chi connectivity index (χ4n) is 2.32. The van der Waals surface area contributed by atoms with E-state index in [1.54, 1.807) is 11.3 Å². The summed E-state index contributed by atoms with van der Waals surface area (Å²) in [6, 6.07) is 3.90. The third-order valence-electron chi connectivity index (χ3n) is 3.49. The van der Waals surface area contributed by atoms with Gasteiger partial charge >= 0.3 is 0 Å². The van der Waals surface area contributed by atoms with E-state index >= 15 is 0 Å². The van der Waals surface area contributed by atoms with Gasteiger partial charge in [-0.1, -0.05) is 16.1 Å². The van der Waals surface area contributed by atoms with Crippen LogP contribution in [-0.4, -0.2) is 51.5 Å². The number of aromatic nitrogens is 2. The van der Waals surface area contributed by atoms with Crippen LogP contribution in [0.1, 0.15) is 20.2 Å². The number of halogens is 1. The average molecular weight is 343 g/mol. The Labute approximate surface area is 136 Å². The number of nitrogens with zero attached hydrogens (tertiary/aromatic N) is 4. The highest BCUT2D eigenvalue weighted by Crippen LogP contribution is 2.21. The summed E-state index contributed by atoms with van der Waals surface area (Å²) in [7, 11) is 0. The van der Waals surface area contributed by atoms with Crippen molar-refractivity contribution in [2.24, 2.45) is 0 Å². The third kappa shape index (κ3) is 3.42. The van der Waals surface area contributed by atoms with Crippen LogP contribution in [-0.2, 0) is 6.54 Å². The number of thiophene rings is 1. The minimum atomic E-state index is 0.140.